The van der Waals surface area contributed by atoms with Gasteiger partial charge in [-0.25, -0.2) is 0 Å². The summed E-state index contributed by atoms with van der Waals surface area (Å²) in [6.45, 7) is 2.65. The lowest BCUT2D eigenvalue weighted by Crippen LogP contribution is -2.42. The number of nitro groups is 1. The van der Waals surface area contributed by atoms with E-state index in [-0.39, 0.29) is 11.8 Å². The van der Waals surface area contributed by atoms with Crippen LogP contribution < -0.4 is 4.74 Å². The molecule has 0 aromatic heterocycles. The second-order valence-corrected chi connectivity index (χ2v) is 4.85. The van der Waals surface area contributed by atoms with Crippen LogP contribution in [0.3, 0.4) is 0 Å². The van der Waals surface area contributed by atoms with Gasteiger partial charge in [0.05, 0.1) is 22.6 Å². The summed E-state index contributed by atoms with van der Waals surface area (Å²) in [5, 5.41) is 11.0. The van der Waals surface area contributed by atoms with E-state index in [1.54, 1.807) is 0 Å². The number of halogens is 1. The number of rotatable bonds is 4. The molecule has 0 aliphatic carbocycles. The van der Waals surface area contributed by atoms with E-state index in [1.165, 1.54) is 18.2 Å². The Kier molecular flexibility index (Phi) is 4.57. The first-order valence-electron chi connectivity index (χ1n) is 5.93. The van der Waals surface area contributed by atoms with E-state index in [0.29, 0.717) is 24.0 Å². The lowest BCUT2D eigenvalue weighted by Gasteiger charge is -2.29. The minimum atomic E-state index is -0.478. The van der Waals surface area contributed by atoms with Gasteiger partial charge in [0.1, 0.15) is 18.5 Å². The second kappa shape index (κ2) is 6.18. The van der Waals surface area contributed by atoms with Gasteiger partial charge in [-0.3, -0.25) is 10.1 Å². The average molecular weight is 287 g/mol. The van der Waals surface area contributed by atoms with Crippen molar-refractivity contribution in [3.8, 4) is 5.75 Å². The fourth-order valence-corrected chi connectivity index (χ4v) is 2.04. The molecule has 1 aromatic carbocycles. The van der Waals surface area contributed by atoms with Crippen LogP contribution >= 0.6 is 11.6 Å². The molecule has 1 heterocycles. The number of likely N-dealkylation sites (N-methyl/N-ethyl adjacent to an activating group) is 1. The maximum Gasteiger partial charge on any atom is 0.273 e. The Balaban J connectivity index is 1.98. The molecule has 1 aliphatic heterocycles. The quantitative estimate of drug-likeness (QED) is 0.625. The van der Waals surface area contributed by atoms with Crippen molar-refractivity contribution in [1.82, 2.24) is 4.90 Å². The SMILES string of the molecule is CN1CCOC(COc2cc([N+](=O)[O-])ccc2Cl)C1. The molecule has 0 spiro atoms. The van der Waals surface area contributed by atoms with Crippen LogP contribution in [0.1, 0.15) is 0 Å². The summed E-state index contributed by atoms with van der Waals surface area (Å²) in [7, 11) is 2.01. The molecule has 1 saturated heterocycles. The maximum atomic E-state index is 10.7. The van der Waals surface area contributed by atoms with Gasteiger partial charge in [0, 0.05) is 19.2 Å². The van der Waals surface area contributed by atoms with Gasteiger partial charge in [-0.2, -0.15) is 0 Å². The third-order valence-electron chi connectivity index (χ3n) is 2.89. The van der Waals surface area contributed by atoms with Crippen LogP contribution in [0.4, 0.5) is 5.69 Å². The minimum absolute atomic E-state index is 0.0407. The number of morpholine rings is 1. The third-order valence-corrected chi connectivity index (χ3v) is 3.20. The Hall–Kier alpha value is -1.37. The van der Waals surface area contributed by atoms with Crippen molar-refractivity contribution < 1.29 is 14.4 Å². The fourth-order valence-electron chi connectivity index (χ4n) is 1.87. The highest BCUT2D eigenvalue weighted by Crippen LogP contribution is 2.29. The van der Waals surface area contributed by atoms with Gasteiger partial charge in [0.25, 0.3) is 5.69 Å². The van der Waals surface area contributed by atoms with Gasteiger partial charge in [0.2, 0.25) is 0 Å². The lowest BCUT2D eigenvalue weighted by atomic mass is 10.3. The minimum Gasteiger partial charge on any atom is -0.489 e. The standard InChI is InChI=1S/C12H15ClN2O4/c1-14-4-5-18-10(7-14)8-19-12-6-9(15(16)17)2-3-11(12)13/h2-3,6,10H,4-5,7-8H2,1H3. The Morgan fingerprint density at radius 2 is 2.42 bits per heavy atom. The van der Waals surface area contributed by atoms with Gasteiger partial charge in [-0.05, 0) is 13.1 Å². The van der Waals surface area contributed by atoms with Crippen LogP contribution in [-0.4, -0.2) is 49.3 Å². The van der Waals surface area contributed by atoms with Gasteiger partial charge in [-0.1, -0.05) is 11.6 Å². The molecular formula is C12H15ClN2O4. The van der Waals surface area contributed by atoms with Crippen LogP contribution in [0.25, 0.3) is 0 Å². The predicted octanol–water partition coefficient (Wildman–Crippen LogP) is 1.96. The summed E-state index contributed by atoms with van der Waals surface area (Å²) in [5.41, 5.74) is -0.0407. The molecule has 104 valence electrons. The summed E-state index contributed by atoms with van der Waals surface area (Å²) in [6, 6.07) is 4.14. The molecule has 1 atom stereocenters. The zero-order chi connectivity index (χ0) is 13.8. The number of hydrogen-bond acceptors (Lipinski definition) is 5. The molecule has 1 aromatic rings. The molecule has 1 unspecified atom stereocenters. The zero-order valence-electron chi connectivity index (χ0n) is 10.5. The first kappa shape index (κ1) is 14.0. The molecule has 7 heteroatoms. The van der Waals surface area contributed by atoms with Crippen molar-refractivity contribution in [1.29, 1.82) is 0 Å². The molecule has 1 aliphatic rings. The molecular weight excluding hydrogens is 272 g/mol. The second-order valence-electron chi connectivity index (χ2n) is 4.44. The summed E-state index contributed by atoms with van der Waals surface area (Å²) in [4.78, 5) is 12.4. The smallest absolute Gasteiger partial charge is 0.273 e. The Morgan fingerprint density at radius 1 is 1.63 bits per heavy atom. The summed E-state index contributed by atoms with van der Waals surface area (Å²) >= 11 is 5.95. The van der Waals surface area contributed by atoms with Crippen molar-refractivity contribution in [2.24, 2.45) is 0 Å². The number of hydrogen-bond donors (Lipinski definition) is 0. The van der Waals surface area contributed by atoms with Crippen LogP contribution in [0.15, 0.2) is 18.2 Å². The van der Waals surface area contributed by atoms with Crippen molar-refractivity contribution in [3.63, 3.8) is 0 Å². The van der Waals surface area contributed by atoms with Crippen LogP contribution in [-0.2, 0) is 4.74 Å². The van der Waals surface area contributed by atoms with Crippen LogP contribution in [0, 0.1) is 10.1 Å². The fraction of sp³-hybridized carbons (Fsp3) is 0.500. The van der Waals surface area contributed by atoms with Gasteiger partial charge < -0.3 is 14.4 Å². The number of nitrogens with zero attached hydrogens (tertiary/aromatic N) is 2. The lowest BCUT2D eigenvalue weighted by molar-refractivity contribution is -0.384. The number of ether oxygens (including phenoxy) is 2. The molecule has 1 fully saturated rings. The zero-order valence-corrected chi connectivity index (χ0v) is 11.3. The van der Waals surface area contributed by atoms with Crippen LogP contribution in [0.2, 0.25) is 5.02 Å². The van der Waals surface area contributed by atoms with Crippen LogP contribution in [0.5, 0.6) is 5.75 Å². The molecule has 0 saturated carbocycles. The van der Waals surface area contributed by atoms with E-state index >= 15 is 0 Å². The molecule has 0 amide bonds. The summed E-state index contributed by atoms with van der Waals surface area (Å²) in [5.74, 6) is 0.313. The van der Waals surface area contributed by atoms with Crippen molar-refractivity contribution in [2.75, 3.05) is 33.4 Å². The van der Waals surface area contributed by atoms with Crippen molar-refractivity contribution >= 4 is 17.3 Å². The molecule has 0 N–H and O–H groups in total. The van der Waals surface area contributed by atoms with Gasteiger partial charge in [0.15, 0.2) is 0 Å². The normalized spacial score (nSPS) is 20.2. The first-order valence-corrected chi connectivity index (χ1v) is 6.31. The topological polar surface area (TPSA) is 64.8 Å². The Bertz CT molecular complexity index is 469. The highest BCUT2D eigenvalue weighted by Gasteiger charge is 2.19. The van der Waals surface area contributed by atoms with E-state index in [1.807, 2.05) is 7.05 Å². The molecule has 19 heavy (non-hydrogen) atoms. The van der Waals surface area contributed by atoms with Gasteiger partial charge >= 0.3 is 0 Å². The Labute approximate surface area is 116 Å². The Morgan fingerprint density at radius 3 is 3.11 bits per heavy atom. The van der Waals surface area contributed by atoms with E-state index in [2.05, 4.69) is 4.90 Å². The summed E-state index contributed by atoms with van der Waals surface area (Å²) < 4.78 is 11.1. The van der Waals surface area contributed by atoms with E-state index < -0.39 is 4.92 Å². The number of non-ortho nitro benzene ring substituents is 1. The largest absolute Gasteiger partial charge is 0.489 e. The average Bonchev–Trinajstić information content (AvgIpc) is 2.37. The van der Waals surface area contributed by atoms with E-state index in [9.17, 15) is 10.1 Å². The predicted molar refractivity (Wildman–Crippen MR) is 70.8 cm³/mol. The third kappa shape index (κ3) is 3.79. The highest BCUT2D eigenvalue weighted by atomic mass is 35.5. The number of benzene rings is 1. The molecule has 2 rings (SSSR count). The highest BCUT2D eigenvalue weighted by molar-refractivity contribution is 6.32. The van der Waals surface area contributed by atoms with E-state index in [4.69, 9.17) is 21.1 Å². The van der Waals surface area contributed by atoms with Crippen molar-refractivity contribution in [3.05, 3.63) is 33.3 Å². The first-order chi connectivity index (χ1) is 9.06. The molecule has 6 nitrogen and oxygen atoms in total. The molecule has 0 bridgehead atoms. The van der Waals surface area contributed by atoms with Crippen molar-refractivity contribution in [2.45, 2.75) is 6.10 Å². The summed E-state index contributed by atoms with van der Waals surface area (Å²) in [6.07, 6.45) is -0.0471. The van der Waals surface area contributed by atoms with E-state index in [0.717, 1.165) is 13.1 Å². The van der Waals surface area contributed by atoms with Gasteiger partial charge in [-0.15, -0.1) is 0 Å². The monoisotopic (exact) mass is 286 g/mol. The molecule has 0 radical (unpaired) electrons. The maximum absolute atomic E-state index is 10.7. The number of nitro benzene ring substituents is 1.